The molecule has 0 bridgehead atoms. The fourth-order valence-corrected chi connectivity index (χ4v) is 3.19. The molecule has 1 unspecified atom stereocenters. The van der Waals surface area contributed by atoms with E-state index in [4.69, 9.17) is 23.8 Å². The van der Waals surface area contributed by atoms with Crippen LogP contribution in [-0.2, 0) is 0 Å². The summed E-state index contributed by atoms with van der Waals surface area (Å²) in [7, 11) is 0. The normalized spacial score (nSPS) is 12.1. The third kappa shape index (κ3) is 3.58. The van der Waals surface area contributed by atoms with Crippen LogP contribution in [0.2, 0.25) is 5.02 Å². The van der Waals surface area contributed by atoms with Gasteiger partial charge in [-0.1, -0.05) is 66.3 Å². The first-order chi connectivity index (χ1) is 8.66. The Morgan fingerprint density at radius 2 is 1.67 bits per heavy atom. The van der Waals surface area contributed by atoms with Crippen LogP contribution in [-0.4, -0.2) is 4.20 Å². The van der Waals surface area contributed by atoms with Crippen molar-refractivity contribution in [2.24, 2.45) is 0 Å². The van der Waals surface area contributed by atoms with Crippen LogP contribution in [0, 0.1) is 0 Å². The number of hydrogen-bond donors (Lipinski definition) is 0. The summed E-state index contributed by atoms with van der Waals surface area (Å²) in [5.74, 6) is 0. The first-order valence-corrected chi connectivity index (χ1v) is 7.35. The van der Waals surface area contributed by atoms with Gasteiger partial charge in [0.15, 0.2) is 0 Å². The van der Waals surface area contributed by atoms with Crippen molar-refractivity contribution in [1.29, 1.82) is 0 Å². The van der Waals surface area contributed by atoms with Crippen molar-refractivity contribution in [3.8, 4) is 0 Å². The number of thioether (sulfide) groups is 1. The van der Waals surface area contributed by atoms with Crippen molar-refractivity contribution in [2.45, 2.75) is 12.2 Å². The predicted molar refractivity (Wildman–Crippen MR) is 85.6 cm³/mol. The Balaban J connectivity index is 2.06. The lowest BCUT2D eigenvalue weighted by Gasteiger charge is -2.12. The number of benzene rings is 2. The lowest BCUT2D eigenvalue weighted by Crippen LogP contribution is -1.96. The maximum atomic E-state index is 5.89. The monoisotopic (exact) mass is 292 g/mol. The Kier molecular flexibility index (Phi) is 4.81. The van der Waals surface area contributed by atoms with E-state index in [1.807, 2.05) is 54.6 Å². The summed E-state index contributed by atoms with van der Waals surface area (Å²) in [6.07, 6.45) is 0. The summed E-state index contributed by atoms with van der Waals surface area (Å²) in [5.41, 5.74) is 2.35. The summed E-state index contributed by atoms with van der Waals surface area (Å²) >= 11 is 13.0. The van der Waals surface area contributed by atoms with E-state index in [1.165, 1.54) is 5.56 Å². The van der Waals surface area contributed by atoms with Crippen molar-refractivity contribution >= 4 is 39.8 Å². The van der Waals surface area contributed by atoms with Gasteiger partial charge in [0.2, 0.25) is 0 Å². The van der Waals surface area contributed by atoms with E-state index < -0.39 is 0 Å². The molecule has 2 rings (SSSR count). The molecule has 1 atom stereocenters. The average Bonchev–Trinajstić information content (AvgIpc) is 2.40. The summed E-state index contributed by atoms with van der Waals surface area (Å²) < 4.78 is 0.929. The second-order valence-electron chi connectivity index (χ2n) is 3.97. The smallest absolute Gasteiger partial charge is 0.0784 e. The third-order valence-corrected chi connectivity index (χ3v) is 4.48. The summed E-state index contributed by atoms with van der Waals surface area (Å²) in [4.78, 5) is 0. The highest BCUT2D eigenvalue weighted by Gasteiger charge is 2.10. The van der Waals surface area contributed by atoms with E-state index in [9.17, 15) is 0 Å². The van der Waals surface area contributed by atoms with Gasteiger partial charge in [-0.15, -0.1) is 11.8 Å². The van der Waals surface area contributed by atoms with Gasteiger partial charge in [0.25, 0.3) is 0 Å². The SMILES string of the molecule is CC(SC(=S)c1ccccc1)c1ccc(Cl)cc1. The van der Waals surface area contributed by atoms with Crippen molar-refractivity contribution in [2.75, 3.05) is 0 Å². The zero-order valence-corrected chi connectivity index (χ0v) is 12.4. The lowest BCUT2D eigenvalue weighted by molar-refractivity contribution is 1.11. The van der Waals surface area contributed by atoms with E-state index in [0.717, 1.165) is 14.8 Å². The zero-order valence-electron chi connectivity index (χ0n) is 9.97. The molecular formula is C15H13ClS2. The topological polar surface area (TPSA) is 0 Å². The number of hydrogen-bond acceptors (Lipinski definition) is 2. The molecule has 0 radical (unpaired) electrons. The minimum atomic E-state index is 0.329. The Labute approximate surface area is 122 Å². The third-order valence-electron chi connectivity index (χ3n) is 2.63. The molecule has 0 spiro atoms. The van der Waals surface area contributed by atoms with Crippen LogP contribution in [0.3, 0.4) is 0 Å². The minimum absolute atomic E-state index is 0.329. The predicted octanol–water partition coefficient (Wildman–Crippen LogP) is 5.51. The van der Waals surface area contributed by atoms with Gasteiger partial charge in [0.1, 0.15) is 0 Å². The molecule has 0 N–H and O–H groups in total. The molecule has 92 valence electrons. The molecule has 0 amide bonds. The molecule has 0 saturated carbocycles. The molecule has 2 aromatic rings. The molecule has 0 aliphatic carbocycles. The second-order valence-corrected chi connectivity index (χ2v) is 6.42. The Bertz CT molecular complexity index is 520. The number of thiocarbonyl (C=S) groups is 1. The van der Waals surface area contributed by atoms with Gasteiger partial charge in [-0.25, -0.2) is 0 Å². The van der Waals surface area contributed by atoms with Crippen LogP contribution >= 0.6 is 35.6 Å². The fourth-order valence-electron chi connectivity index (χ4n) is 1.60. The van der Waals surface area contributed by atoms with Crippen molar-refractivity contribution in [3.05, 3.63) is 70.7 Å². The molecule has 0 saturated heterocycles. The highest BCUT2D eigenvalue weighted by molar-refractivity contribution is 8.23. The Hall–Kier alpha value is -0.830. The summed E-state index contributed by atoms with van der Waals surface area (Å²) in [6.45, 7) is 2.16. The fraction of sp³-hybridized carbons (Fsp3) is 0.133. The lowest BCUT2D eigenvalue weighted by atomic mass is 10.2. The van der Waals surface area contributed by atoms with E-state index >= 15 is 0 Å². The van der Waals surface area contributed by atoms with Crippen LogP contribution in [0.15, 0.2) is 54.6 Å². The van der Waals surface area contributed by atoms with E-state index in [2.05, 4.69) is 6.92 Å². The van der Waals surface area contributed by atoms with Crippen LogP contribution in [0.4, 0.5) is 0 Å². The molecule has 0 heterocycles. The van der Waals surface area contributed by atoms with Crippen molar-refractivity contribution < 1.29 is 0 Å². The van der Waals surface area contributed by atoms with Gasteiger partial charge in [-0.2, -0.15) is 0 Å². The molecule has 0 aromatic heterocycles. The maximum absolute atomic E-state index is 5.89. The van der Waals surface area contributed by atoms with Gasteiger partial charge in [-0.3, -0.25) is 0 Å². The van der Waals surface area contributed by atoms with Gasteiger partial charge in [0, 0.05) is 10.3 Å². The summed E-state index contributed by atoms with van der Waals surface area (Å²) in [6, 6.07) is 18.0. The van der Waals surface area contributed by atoms with Crippen molar-refractivity contribution in [3.63, 3.8) is 0 Å². The molecular weight excluding hydrogens is 280 g/mol. The van der Waals surface area contributed by atoms with Crippen LogP contribution < -0.4 is 0 Å². The van der Waals surface area contributed by atoms with E-state index in [0.29, 0.717) is 5.25 Å². The minimum Gasteiger partial charge on any atom is -0.106 e. The Morgan fingerprint density at radius 1 is 1.06 bits per heavy atom. The van der Waals surface area contributed by atoms with Gasteiger partial charge in [-0.05, 0) is 30.2 Å². The first kappa shape index (κ1) is 13.6. The van der Waals surface area contributed by atoms with Crippen LogP contribution in [0.25, 0.3) is 0 Å². The van der Waals surface area contributed by atoms with Gasteiger partial charge in [0.05, 0.1) is 4.20 Å². The van der Waals surface area contributed by atoms with Gasteiger partial charge < -0.3 is 0 Å². The molecule has 18 heavy (non-hydrogen) atoms. The second kappa shape index (κ2) is 6.37. The molecule has 0 nitrogen and oxygen atoms in total. The maximum Gasteiger partial charge on any atom is 0.0784 e. The van der Waals surface area contributed by atoms with Crippen molar-refractivity contribution in [1.82, 2.24) is 0 Å². The largest absolute Gasteiger partial charge is 0.106 e. The molecule has 2 aromatic carbocycles. The summed E-state index contributed by atoms with van der Waals surface area (Å²) in [5, 5.41) is 1.09. The molecule has 3 heteroatoms. The van der Waals surface area contributed by atoms with Crippen LogP contribution in [0.5, 0.6) is 0 Å². The van der Waals surface area contributed by atoms with Gasteiger partial charge >= 0.3 is 0 Å². The zero-order chi connectivity index (χ0) is 13.0. The highest BCUT2D eigenvalue weighted by Crippen LogP contribution is 2.32. The Morgan fingerprint density at radius 3 is 2.28 bits per heavy atom. The highest BCUT2D eigenvalue weighted by atomic mass is 35.5. The number of rotatable bonds is 3. The average molecular weight is 293 g/mol. The molecule has 0 aliphatic heterocycles. The molecule has 0 fully saturated rings. The van der Waals surface area contributed by atoms with Crippen LogP contribution in [0.1, 0.15) is 23.3 Å². The quantitative estimate of drug-likeness (QED) is 0.684. The standard InChI is InChI=1S/C15H13ClS2/c1-11(12-7-9-14(16)10-8-12)18-15(17)13-5-3-2-4-6-13/h2-11H,1H3. The molecule has 0 aliphatic rings. The first-order valence-electron chi connectivity index (χ1n) is 5.68. The number of halogens is 1. The van der Waals surface area contributed by atoms with E-state index in [1.54, 1.807) is 11.8 Å². The van der Waals surface area contributed by atoms with E-state index in [-0.39, 0.29) is 0 Å².